The van der Waals surface area contributed by atoms with Crippen LogP contribution in [0, 0.1) is 0 Å². The number of aryl methyl sites for hydroxylation is 1. The minimum atomic E-state index is -0.305. The van der Waals surface area contributed by atoms with E-state index in [0.717, 1.165) is 34.3 Å². The van der Waals surface area contributed by atoms with Crippen molar-refractivity contribution < 1.29 is 9.53 Å². The van der Waals surface area contributed by atoms with Crippen LogP contribution in [0.4, 0.5) is 5.00 Å². The lowest BCUT2D eigenvalue weighted by molar-refractivity contribution is 0.0601. The van der Waals surface area contributed by atoms with Crippen molar-refractivity contribution in [3.8, 4) is 0 Å². The van der Waals surface area contributed by atoms with E-state index in [4.69, 9.17) is 17.0 Å². The van der Waals surface area contributed by atoms with Gasteiger partial charge in [0.2, 0.25) is 0 Å². The van der Waals surface area contributed by atoms with Gasteiger partial charge >= 0.3 is 5.97 Å². The van der Waals surface area contributed by atoms with Crippen molar-refractivity contribution in [2.24, 2.45) is 0 Å². The van der Waals surface area contributed by atoms with Crippen LogP contribution in [0.1, 0.15) is 27.2 Å². The number of nitrogens with one attached hydrogen (secondary N) is 2. The Balaban J connectivity index is 1.61. The largest absolute Gasteiger partial charge is 0.465 e. The highest BCUT2D eigenvalue weighted by atomic mass is 79.9. The molecule has 0 bridgehead atoms. The van der Waals surface area contributed by atoms with Crippen molar-refractivity contribution in [1.29, 1.82) is 0 Å². The molecule has 0 saturated carbocycles. The fourth-order valence-corrected chi connectivity index (χ4v) is 4.58. The molecule has 128 valence electrons. The zero-order valence-corrected chi connectivity index (χ0v) is 16.3. The quantitative estimate of drug-likeness (QED) is 0.563. The monoisotopic (exact) mass is 428 g/mol. The van der Waals surface area contributed by atoms with E-state index in [9.17, 15) is 4.79 Å². The summed E-state index contributed by atoms with van der Waals surface area (Å²) in [5, 5.41) is 11.7. The number of esters is 1. The molecule has 24 heavy (non-hydrogen) atoms. The van der Waals surface area contributed by atoms with E-state index in [1.165, 1.54) is 12.0 Å². The standard InChI is InChI=1S/C15H17BrN4O2S2/c1-22-14(21)12-10-3-2-4-11(10)24-13(12)19-15(23)17-5-6-20-8-9(16)7-18-20/h7-8H,2-6H2,1H3,(H2,17,19,23). The molecule has 2 aromatic heterocycles. The first kappa shape index (κ1) is 17.4. The van der Waals surface area contributed by atoms with Gasteiger partial charge in [-0.15, -0.1) is 11.3 Å². The number of rotatable bonds is 5. The average molecular weight is 429 g/mol. The van der Waals surface area contributed by atoms with Crippen LogP contribution in [-0.2, 0) is 24.1 Å². The minimum Gasteiger partial charge on any atom is -0.465 e. The predicted molar refractivity (Wildman–Crippen MR) is 102 cm³/mol. The zero-order chi connectivity index (χ0) is 17.1. The van der Waals surface area contributed by atoms with Crippen LogP contribution in [0.15, 0.2) is 16.9 Å². The van der Waals surface area contributed by atoms with Gasteiger partial charge in [0.05, 0.1) is 29.9 Å². The third-order valence-corrected chi connectivity index (χ3v) is 5.63. The molecule has 9 heteroatoms. The topological polar surface area (TPSA) is 68.2 Å². The van der Waals surface area contributed by atoms with Crippen molar-refractivity contribution in [2.45, 2.75) is 25.8 Å². The lowest BCUT2D eigenvalue weighted by atomic mass is 10.1. The van der Waals surface area contributed by atoms with Crippen LogP contribution in [0.25, 0.3) is 0 Å². The SMILES string of the molecule is COC(=O)c1c(NC(=S)NCCn2cc(Br)cn2)sc2c1CCC2. The minimum absolute atomic E-state index is 0.305. The van der Waals surface area contributed by atoms with Crippen molar-refractivity contribution in [3.63, 3.8) is 0 Å². The van der Waals surface area contributed by atoms with Crippen molar-refractivity contribution in [1.82, 2.24) is 15.1 Å². The van der Waals surface area contributed by atoms with Gasteiger partial charge in [-0.1, -0.05) is 0 Å². The highest BCUT2D eigenvalue weighted by Crippen LogP contribution is 2.39. The number of hydrogen-bond acceptors (Lipinski definition) is 5. The molecule has 6 nitrogen and oxygen atoms in total. The second-order valence-electron chi connectivity index (χ2n) is 5.36. The van der Waals surface area contributed by atoms with Gasteiger partial charge in [-0.25, -0.2) is 4.79 Å². The molecule has 0 unspecified atom stereocenters. The molecule has 0 amide bonds. The van der Waals surface area contributed by atoms with E-state index >= 15 is 0 Å². The molecule has 0 aromatic carbocycles. The number of carbonyl (C=O) groups excluding carboxylic acids is 1. The van der Waals surface area contributed by atoms with E-state index < -0.39 is 0 Å². The summed E-state index contributed by atoms with van der Waals surface area (Å²) in [6.07, 6.45) is 6.67. The predicted octanol–water partition coefficient (Wildman–Crippen LogP) is 2.97. The van der Waals surface area contributed by atoms with E-state index in [1.54, 1.807) is 17.5 Å². The van der Waals surface area contributed by atoms with Gasteiger partial charge in [0.15, 0.2) is 5.11 Å². The number of thiocarbonyl (C=S) groups is 1. The molecule has 0 fully saturated rings. The lowest BCUT2D eigenvalue weighted by Gasteiger charge is -2.11. The van der Waals surface area contributed by atoms with Gasteiger partial charge in [-0.2, -0.15) is 5.10 Å². The maximum Gasteiger partial charge on any atom is 0.341 e. The van der Waals surface area contributed by atoms with Crippen molar-refractivity contribution >= 4 is 55.6 Å². The van der Waals surface area contributed by atoms with Crippen LogP contribution in [0.5, 0.6) is 0 Å². The number of fused-ring (bicyclic) bond motifs is 1. The Bertz CT molecular complexity index is 772. The van der Waals surface area contributed by atoms with Crippen molar-refractivity contribution in [2.75, 3.05) is 19.0 Å². The maximum absolute atomic E-state index is 12.1. The Morgan fingerprint density at radius 1 is 1.54 bits per heavy atom. The van der Waals surface area contributed by atoms with Crippen LogP contribution in [-0.4, -0.2) is 34.5 Å². The second-order valence-corrected chi connectivity index (χ2v) is 7.78. The summed E-state index contributed by atoms with van der Waals surface area (Å²) < 4.78 is 7.69. The maximum atomic E-state index is 12.1. The smallest absolute Gasteiger partial charge is 0.341 e. The number of halogens is 1. The zero-order valence-electron chi connectivity index (χ0n) is 13.1. The number of anilines is 1. The molecule has 2 heterocycles. The Morgan fingerprint density at radius 3 is 3.08 bits per heavy atom. The van der Waals surface area contributed by atoms with Crippen LogP contribution < -0.4 is 10.6 Å². The summed E-state index contributed by atoms with van der Waals surface area (Å²) in [6, 6.07) is 0. The molecular formula is C15H17BrN4O2S2. The first-order chi connectivity index (χ1) is 11.6. The number of hydrogen-bond donors (Lipinski definition) is 2. The molecule has 1 aliphatic rings. The van der Waals surface area contributed by atoms with Crippen LogP contribution in [0.2, 0.25) is 0 Å². The van der Waals surface area contributed by atoms with E-state index in [2.05, 4.69) is 31.7 Å². The fourth-order valence-electron chi connectivity index (χ4n) is 2.70. The summed E-state index contributed by atoms with van der Waals surface area (Å²) in [6.45, 7) is 1.33. The van der Waals surface area contributed by atoms with Crippen LogP contribution in [0.3, 0.4) is 0 Å². The Morgan fingerprint density at radius 2 is 2.38 bits per heavy atom. The molecule has 0 radical (unpaired) electrons. The van der Waals surface area contributed by atoms with Gasteiger partial charge in [-0.05, 0) is 53.0 Å². The molecule has 2 aromatic rings. The van der Waals surface area contributed by atoms with Gasteiger partial charge in [0.1, 0.15) is 5.00 Å². The molecule has 0 atom stereocenters. The third kappa shape index (κ3) is 3.79. The third-order valence-electron chi connectivity index (χ3n) is 3.77. The normalized spacial score (nSPS) is 12.8. The lowest BCUT2D eigenvalue weighted by Crippen LogP contribution is -2.31. The number of thiophene rings is 1. The Labute approximate surface area is 157 Å². The van der Waals surface area contributed by atoms with Gasteiger partial charge < -0.3 is 15.4 Å². The summed E-state index contributed by atoms with van der Waals surface area (Å²) >= 11 is 10.3. The number of aromatic nitrogens is 2. The highest BCUT2D eigenvalue weighted by Gasteiger charge is 2.27. The van der Waals surface area contributed by atoms with E-state index in [-0.39, 0.29) is 5.97 Å². The second kappa shape index (κ2) is 7.62. The molecule has 0 aliphatic heterocycles. The van der Waals surface area contributed by atoms with E-state index in [1.807, 2.05) is 10.9 Å². The summed E-state index contributed by atoms with van der Waals surface area (Å²) in [5.74, 6) is -0.305. The number of nitrogens with zero attached hydrogens (tertiary/aromatic N) is 2. The summed E-state index contributed by atoms with van der Waals surface area (Å²) in [4.78, 5) is 13.4. The molecule has 1 aliphatic carbocycles. The number of ether oxygens (including phenoxy) is 1. The van der Waals surface area contributed by atoms with Crippen molar-refractivity contribution in [3.05, 3.63) is 32.9 Å². The first-order valence-corrected chi connectivity index (χ1v) is 9.56. The molecule has 2 N–H and O–H groups in total. The Kier molecular flexibility index (Phi) is 5.52. The summed E-state index contributed by atoms with van der Waals surface area (Å²) in [5.41, 5.74) is 1.74. The fraction of sp³-hybridized carbons (Fsp3) is 0.400. The highest BCUT2D eigenvalue weighted by molar-refractivity contribution is 9.10. The molecule has 0 spiro atoms. The number of carbonyl (C=O) groups is 1. The molecular weight excluding hydrogens is 412 g/mol. The first-order valence-electron chi connectivity index (χ1n) is 7.54. The van der Waals surface area contributed by atoms with Crippen LogP contribution >= 0.6 is 39.5 Å². The summed E-state index contributed by atoms with van der Waals surface area (Å²) in [7, 11) is 1.41. The average Bonchev–Trinajstić information content (AvgIpc) is 3.23. The van der Waals surface area contributed by atoms with Gasteiger partial charge in [-0.3, -0.25) is 4.68 Å². The van der Waals surface area contributed by atoms with E-state index in [0.29, 0.717) is 23.8 Å². The number of methoxy groups -OCH3 is 1. The molecule has 0 saturated heterocycles. The van der Waals surface area contributed by atoms with Gasteiger partial charge in [0, 0.05) is 17.6 Å². The van der Waals surface area contributed by atoms with Gasteiger partial charge in [0.25, 0.3) is 0 Å². The molecule has 3 rings (SSSR count). The Hall–Kier alpha value is -1.45.